The average molecular weight is 329 g/mol. The van der Waals surface area contributed by atoms with Crippen LogP contribution >= 0.6 is 0 Å². The van der Waals surface area contributed by atoms with E-state index in [1.54, 1.807) is 6.20 Å². The third-order valence-electron chi connectivity index (χ3n) is 4.19. The zero-order valence-electron chi connectivity index (χ0n) is 13.8. The smallest absolute Gasteiger partial charge is 0.139 e. The Balaban J connectivity index is 1.48. The molecule has 0 fully saturated rings. The van der Waals surface area contributed by atoms with Gasteiger partial charge in [-0.2, -0.15) is 0 Å². The topological polar surface area (TPSA) is 59.4 Å². The summed E-state index contributed by atoms with van der Waals surface area (Å²) in [7, 11) is 0. The first kappa shape index (κ1) is 15.3. The number of hydrogen-bond donors (Lipinski definition) is 1. The minimum atomic E-state index is 0.915. The number of H-pyrrole nitrogens is 1. The van der Waals surface area contributed by atoms with Crippen LogP contribution in [0.25, 0.3) is 22.6 Å². The van der Waals surface area contributed by atoms with Crippen molar-refractivity contribution in [2.75, 3.05) is 0 Å². The van der Waals surface area contributed by atoms with Crippen LogP contribution in [-0.4, -0.2) is 24.5 Å². The van der Waals surface area contributed by atoms with E-state index in [2.05, 4.69) is 48.8 Å². The molecule has 3 aromatic heterocycles. The number of nitrogens with one attached hydrogen (secondary N) is 1. The van der Waals surface area contributed by atoms with Crippen LogP contribution in [0.2, 0.25) is 0 Å². The number of hydrogen-bond acceptors (Lipinski definition) is 3. The van der Waals surface area contributed by atoms with Gasteiger partial charge in [0.1, 0.15) is 11.6 Å². The summed E-state index contributed by atoms with van der Waals surface area (Å²) in [6.45, 7) is 0.915. The number of imidazole rings is 2. The number of rotatable bonds is 6. The number of aromatic nitrogens is 5. The van der Waals surface area contributed by atoms with Gasteiger partial charge in [-0.3, -0.25) is 4.98 Å². The predicted molar refractivity (Wildman–Crippen MR) is 97.8 cm³/mol. The molecule has 1 N–H and O–H groups in total. The Kier molecular flexibility index (Phi) is 4.37. The fourth-order valence-corrected chi connectivity index (χ4v) is 2.93. The first-order chi connectivity index (χ1) is 12.4. The van der Waals surface area contributed by atoms with Crippen molar-refractivity contribution in [3.63, 3.8) is 0 Å². The van der Waals surface area contributed by atoms with Gasteiger partial charge in [-0.25, -0.2) is 9.97 Å². The van der Waals surface area contributed by atoms with Crippen LogP contribution in [-0.2, 0) is 13.0 Å². The minimum Gasteiger partial charge on any atom is -0.349 e. The molecule has 0 spiro atoms. The zero-order chi connectivity index (χ0) is 16.9. The van der Waals surface area contributed by atoms with Crippen molar-refractivity contribution in [1.82, 2.24) is 24.5 Å². The molecular formula is C20H19N5. The number of aromatic amines is 1. The lowest BCUT2D eigenvalue weighted by Crippen LogP contribution is -2.01. The van der Waals surface area contributed by atoms with E-state index in [9.17, 15) is 0 Å². The highest BCUT2D eigenvalue weighted by atomic mass is 15.1. The zero-order valence-corrected chi connectivity index (χ0v) is 13.8. The molecule has 0 bridgehead atoms. The van der Waals surface area contributed by atoms with E-state index in [0.29, 0.717) is 0 Å². The van der Waals surface area contributed by atoms with Gasteiger partial charge < -0.3 is 9.55 Å². The quantitative estimate of drug-likeness (QED) is 0.582. The summed E-state index contributed by atoms with van der Waals surface area (Å²) in [5.74, 6) is 2.02. The third kappa shape index (κ3) is 3.50. The second-order valence-corrected chi connectivity index (χ2v) is 5.88. The van der Waals surface area contributed by atoms with E-state index in [4.69, 9.17) is 0 Å². The maximum Gasteiger partial charge on any atom is 0.139 e. The van der Waals surface area contributed by atoms with Gasteiger partial charge in [0.25, 0.3) is 0 Å². The summed E-state index contributed by atoms with van der Waals surface area (Å²) < 4.78 is 2.19. The maximum absolute atomic E-state index is 4.53. The molecular weight excluding hydrogens is 310 g/mol. The Hall–Kier alpha value is -3.21. The fraction of sp³-hybridized carbons (Fsp3) is 0.150. The molecule has 0 aliphatic rings. The van der Waals surface area contributed by atoms with Gasteiger partial charge in [-0.1, -0.05) is 30.3 Å². The van der Waals surface area contributed by atoms with Crippen molar-refractivity contribution in [3.8, 4) is 22.6 Å². The third-order valence-corrected chi connectivity index (χ3v) is 4.19. The lowest BCUT2D eigenvalue weighted by molar-refractivity contribution is 0.636. The summed E-state index contributed by atoms with van der Waals surface area (Å²) in [5.41, 5.74) is 3.21. The van der Waals surface area contributed by atoms with E-state index in [1.165, 1.54) is 0 Å². The number of aryl methyl sites for hydroxylation is 2. The summed E-state index contributed by atoms with van der Waals surface area (Å²) in [6.07, 6.45) is 11.3. The monoisotopic (exact) mass is 329 g/mol. The van der Waals surface area contributed by atoms with E-state index in [1.807, 2.05) is 43.0 Å². The molecule has 0 aliphatic heterocycles. The molecule has 0 unspecified atom stereocenters. The molecule has 0 amide bonds. The number of pyridine rings is 1. The van der Waals surface area contributed by atoms with Crippen molar-refractivity contribution >= 4 is 0 Å². The van der Waals surface area contributed by atoms with Crippen molar-refractivity contribution in [3.05, 3.63) is 79.3 Å². The Labute approximate surface area is 146 Å². The van der Waals surface area contributed by atoms with Crippen LogP contribution in [0.4, 0.5) is 0 Å². The van der Waals surface area contributed by atoms with Crippen molar-refractivity contribution in [2.24, 2.45) is 0 Å². The van der Waals surface area contributed by atoms with Gasteiger partial charge in [0, 0.05) is 55.1 Å². The van der Waals surface area contributed by atoms with Crippen LogP contribution in [0.1, 0.15) is 12.2 Å². The predicted octanol–water partition coefficient (Wildman–Crippen LogP) is 3.97. The van der Waals surface area contributed by atoms with Crippen LogP contribution in [0.5, 0.6) is 0 Å². The van der Waals surface area contributed by atoms with Gasteiger partial charge in [0.15, 0.2) is 0 Å². The van der Waals surface area contributed by atoms with E-state index >= 15 is 0 Å². The molecule has 3 heterocycles. The standard InChI is InChI=1S/C20H19N5/c1-2-10-21-18(4-1)16-6-8-17(9-7-16)20-24-13-15-25(20)14-3-5-19-22-11-12-23-19/h1-2,4,6-13,15H,3,5,14H2,(H,22,23). The lowest BCUT2D eigenvalue weighted by atomic mass is 10.1. The lowest BCUT2D eigenvalue weighted by Gasteiger charge is -2.08. The highest BCUT2D eigenvalue weighted by molar-refractivity contribution is 5.65. The summed E-state index contributed by atoms with van der Waals surface area (Å²) in [4.78, 5) is 16.3. The average Bonchev–Trinajstić information content (AvgIpc) is 3.35. The number of benzene rings is 1. The molecule has 4 aromatic rings. The van der Waals surface area contributed by atoms with Crippen LogP contribution in [0.3, 0.4) is 0 Å². The molecule has 25 heavy (non-hydrogen) atoms. The number of nitrogens with zero attached hydrogens (tertiary/aromatic N) is 4. The SMILES string of the molecule is c1ccc(-c2ccc(-c3nccn3CCCc3ncc[nH]3)cc2)nc1. The summed E-state index contributed by atoms with van der Waals surface area (Å²) >= 11 is 0. The van der Waals surface area contributed by atoms with Gasteiger partial charge in [-0.05, 0) is 18.6 Å². The fourth-order valence-electron chi connectivity index (χ4n) is 2.93. The van der Waals surface area contributed by atoms with Gasteiger partial charge >= 0.3 is 0 Å². The Bertz CT molecular complexity index is 908. The highest BCUT2D eigenvalue weighted by Crippen LogP contribution is 2.23. The summed E-state index contributed by atoms with van der Waals surface area (Å²) in [6, 6.07) is 14.4. The maximum atomic E-state index is 4.53. The Morgan fingerprint density at radius 3 is 2.48 bits per heavy atom. The Morgan fingerprint density at radius 1 is 0.840 bits per heavy atom. The normalized spacial score (nSPS) is 10.9. The molecule has 0 saturated heterocycles. The molecule has 0 saturated carbocycles. The Morgan fingerprint density at radius 2 is 1.72 bits per heavy atom. The van der Waals surface area contributed by atoms with Gasteiger partial charge in [0.05, 0.1) is 5.69 Å². The largest absolute Gasteiger partial charge is 0.349 e. The highest BCUT2D eigenvalue weighted by Gasteiger charge is 2.07. The second kappa shape index (κ2) is 7.13. The molecule has 124 valence electrons. The minimum absolute atomic E-state index is 0.915. The molecule has 5 nitrogen and oxygen atoms in total. The van der Waals surface area contributed by atoms with Crippen LogP contribution in [0, 0.1) is 0 Å². The molecule has 5 heteroatoms. The molecule has 0 radical (unpaired) electrons. The van der Waals surface area contributed by atoms with Crippen molar-refractivity contribution in [2.45, 2.75) is 19.4 Å². The first-order valence-corrected chi connectivity index (χ1v) is 8.41. The second-order valence-electron chi connectivity index (χ2n) is 5.88. The van der Waals surface area contributed by atoms with E-state index < -0.39 is 0 Å². The van der Waals surface area contributed by atoms with Gasteiger partial charge in [-0.15, -0.1) is 0 Å². The molecule has 0 aliphatic carbocycles. The van der Waals surface area contributed by atoms with Crippen molar-refractivity contribution < 1.29 is 0 Å². The van der Waals surface area contributed by atoms with Crippen molar-refractivity contribution in [1.29, 1.82) is 0 Å². The van der Waals surface area contributed by atoms with E-state index in [0.717, 1.165) is 47.9 Å². The van der Waals surface area contributed by atoms with Crippen LogP contribution in [0.15, 0.2) is 73.4 Å². The first-order valence-electron chi connectivity index (χ1n) is 8.41. The van der Waals surface area contributed by atoms with E-state index in [-0.39, 0.29) is 0 Å². The molecule has 1 aromatic carbocycles. The summed E-state index contributed by atoms with van der Waals surface area (Å²) in [5, 5.41) is 0. The molecule has 4 rings (SSSR count). The van der Waals surface area contributed by atoms with Crippen LogP contribution < -0.4 is 0 Å². The van der Waals surface area contributed by atoms with Gasteiger partial charge in [0.2, 0.25) is 0 Å². The molecule has 0 atom stereocenters.